The molecule has 0 saturated heterocycles. The summed E-state index contributed by atoms with van der Waals surface area (Å²) in [6.45, 7) is 3.48. The molecule has 0 saturated carbocycles. The van der Waals surface area contributed by atoms with Gasteiger partial charge in [0, 0.05) is 6.07 Å². The van der Waals surface area contributed by atoms with Gasteiger partial charge in [0.05, 0.1) is 16.7 Å². The van der Waals surface area contributed by atoms with E-state index in [2.05, 4.69) is 10.3 Å². The number of aryl methyl sites for hydroxylation is 1. The zero-order valence-electron chi connectivity index (χ0n) is 11.4. The van der Waals surface area contributed by atoms with Gasteiger partial charge in [0.2, 0.25) is 5.89 Å². The fourth-order valence-electron chi connectivity index (χ4n) is 1.81. The van der Waals surface area contributed by atoms with E-state index in [9.17, 15) is 14.9 Å². The summed E-state index contributed by atoms with van der Waals surface area (Å²) >= 11 is 0. The highest BCUT2D eigenvalue weighted by atomic mass is 16.6. The number of nitro groups is 1. The third-order valence-electron chi connectivity index (χ3n) is 2.82. The van der Waals surface area contributed by atoms with Gasteiger partial charge in [0.25, 0.3) is 5.69 Å². The van der Waals surface area contributed by atoms with Crippen LogP contribution in [0.5, 0.6) is 0 Å². The average Bonchev–Trinajstić information content (AvgIpc) is 2.85. The smallest absolute Gasteiger partial charge is 0.335 e. The van der Waals surface area contributed by atoms with Crippen LogP contribution in [0.2, 0.25) is 0 Å². The van der Waals surface area contributed by atoms with Crippen LogP contribution < -0.4 is 5.32 Å². The third-order valence-corrected chi connectivity index (χ3v) is 2.82. The lowest BCUT2D eigenvalue weighted by atomic mass is 10.1. The predicted molar refractivity (Wildman–Crippen MR) is 73.3 cm³/mol. The summed E-state index contributed by atoms with van der Waals surface area (Å²) in [5.41, 5.74) is -0.259. The number of hydrogen-bond donors (Lipinski definition) is 2. The minimum absolute atomic E-state index is 0.146. The number of oxazole rings is 1. The van der Waals surface area contributed by atoms with Crippen LogP contribution in [-0.2, 0) is 0 Å². The van der Waals surface area contributed by atoms with Gasteiger partial charge in [-0.2, -0.15) is 0 Å². The van der Waals surface area contributed by atoms with Crippen molar-refractivity contribution in [3.8, 4) is 0 Å². The van der Waals surface area contributed by atoms with E-state index in [0.717, 1.165) is 6.07 Å². The van der Waals surface area contributed by atoms with Crippen molar-refractivity contribution in [1.29, 1.82) is 0 Å². The van der Waals surface area contributed by atoms with E-state index in [0.29, 0.717) is 11.7 Å². The summed E-state index contributed by atoms with van der Waals surface area (Å²) in [5, 5.41) is 22.8. The van der Waals surface area contributed by atoms with Gasteiger partial charge >= 0.3 is 5.97 Å². The zero-order valence-corrected chi connectivity index (χ0v) is 11.4. The minimum atomic E-state index is -1.22. The van der Waals surface area contributed by atoms with E-state index in [1.165, 1.54) is 12.1 Å². The maximum absolute atomic E-state index is 11.1. The lowest BCUT2D eigenvalue weighted by molar-refractivity contribution is -0.384. The lowest BCUT2D eigenvalue weighted by Crippen LogP contribution is -2.09. The van der Waals surface area contributed by atoms with Crippen molar-refractivity contribution in [3.05, 3.63) is 51.7 Å². The van der Waals surface area contributed by atoms with Gasteiger partial charge in [-0.25, -0.2) is 9.78 Å². The highest BCUT2D eigenvalue weighted by molar-refractivity contribution is 5.89. The minimum Gasteiger partial charge on any atom is -0.478 e. The highest BCUT2D eigenvalue weighted by Crippen LogP contribution is 2.29. The number of aromatic nitrogens is 1. The molecule has 8 nitrogen and oxygen atoms in total. The zero-order chi connectivity index (χ0) is 15.6. The normalized spacial score (nSPS) is 11.9. The summed E-state index contributed by atoms with van der Waals surface area (Å²) in [4.78, 5) is 25.3. The Kier molecular flexibility index (Phi) is 3.88. The molecule has 1 aromatic heterocycles. The Hall–Kier alpha value is -2.90. The molecule has 0 aliphatic heterocycles. The molecule has 1 unspecified atom stereocenters. The molecular weight excluding hydrogens is 278 g/mol. The predicted octanol–water partition coefficient (Wildman–Crippen LogP) is 2.76. The number of anilines is 1. The van der Waals surface area contributed by atoms with Gasteiger partial charge in [-0.1, -0.05) is 0 Å². The maximum atomic E-state index is 11.1. The Morgan fingerprint density at radius 1 is 1.52 bits per heavy atom. The van der Waals surface area contributed by atoms with Crippen LogP contribution in [0.15, 0.2) is 28.8 Å². The van der Waals surface area contributed by atoms with Crippen molar-refractivity contribution in [2.75, 3.05) is 5.32 Å². The van der Waals surface area contributed by atoms with Crippen LogP contribution in [0.4, 0.5) is 11.4 Å². The quantitative estimate of drug-likeness (QED) is 0.642. The molecule has 8 heteroatoms. The van der Waals surface area contributed by atoms with Gasteiger partial charge in [-0.3, -0.25) is 10.1 Å². The van der Waals surface area contributed by atoms with Crippen molar-refractivity contribution in [3.63, 3.8) is 0 Å². The van der Waals surface area contributed by atoms with Gasteiger partial charge in [-0.15, -0.1) is 0 Å². The summed E-state index contributed by atoms with van der Waals surface area (Å²) in [6, 6.07) is 3.27. The number of benzene rings is 1. The Morgan fingerprint density at radius 3 is 2.76 bits per heavy atom. The molecular formula is C13H13N3O5. The fraction of sp³-hybridized carbons (Fsp3) is 0.231. The first kappa shape index (κ1) is 14.5. The first-order valence-corrected chi connectivity index (χ1v) is 6.09. The molecule has 0 aliphatic rings. The van der Waals surface area contributed by atoms with Gasteiger partial charge < -0.3 is 14.8 Å². The number of hydrogen-bond acceptors (Lipinski definition) is 6. The highest BCUT2D eigenvalue weighted by Gasteiger charge is 2.20. The van der Waals surface area contributed by atoms with Gasteiger partial charge in [-0.05, 0) is 26.0 Å². The number of carboxylic acids is 1. The van der Waals surface area contributed by atoms with Gasteiger partial charge in [0.15, 0.2) is 0 Å². The summed E-state index contributed by atoms with van der Waals surface area (Å²) in [5.74, 6) is -0.195. The second kappa shape index (κ2) is 5.61. The van der Waals surface area contributed by atoms with Crippen LogP contribution in [0.3, 0.4) is 0 Å². The van der Waals surface area contributed by atoms with E-state index in [-0.39, 0.29) is 16.9 Å². The second-order valence-corrected chi connectivity index (χ2v) is 4.47. The number of rotatable bonds is 5. The molecule has 1 heterocycles. The molecule has 2 N–H and O–H groups in total. The number of carboxylic acid groups (broad SMARTS) is 1. The second-order valence-electron chi connectivity index (χ2n) is 4.47. The summed E-state index contributed by atoms with van der Waals surface area (Å²) in [7, 11) is 0. The van der Waals surface area contributed by atoms with Crippen molar-refractivity contribution in [2.24, 2.45) is 0 Å². The molecule has 0 fully saturated rings. The molecule has 0 radical (unpaired) electrons. The Morgan fingerprint density at radius 2 is 2.24 bits per heavy atom. The van der Waals surface area contributed by atoms with E-state index >= 15 is 0 Å². The molecule has 2 rings (SSSR count). The van der Waals surface area contributed by atoms with E-state index < -0.39 is 16.9 Å². The van der Waals surface area contributed by atoms with Gasteiger partial charge in [0.1, 0.15) is 17.5 Å². The third kappa shape index (κ3) is 3.16. The number of nitro benzene ring substituents is 1. The fourth-order valence-corrected chi connectivity index (χ4v) is 1.81. The number of nitrogens with zero attached hydrogens (tertiary/aromatic N) is 2. The molecule has 2 aromatic rings. The topological polar surface area (TPSA) is 119 Å². The number of carbonyl (C=O) groups is 1. The van der Waals surface area contributed by atoms with E-state index in [1.807, 2.05) is 0 Å². The van der Waals surface area contributed by atoms with Crippen LogP contribution in [0.1, 0.15) is 35.0 Å². The van der Waals surface area contributed by atoms with Crippen LogP contribution >= 0.6 is 0 Å². The monoisotopic (exact) mass is 291 g/mol. The van der Waals surface area contributed by atoms with Crippen LogP contribution in [0.25, 0.3) is 0 Å². The Bertz CT molecular complexity index is 695. The molecule has 110 valence electrons. The number of nitrogens with one attached hydrogen (secondary N) is 1. The average molecular weight is 291 g/mol. The van der Waals surface area contributed by atoms with E-state index in [4.69, 9.17) is 9.52 Å². The first-order valence-electron chi connectivity index (χ1n) is 6.09. The standard InChI is InChI=1S/C13H13N3O5/c1-7-6-14-12(21-7)8(2)15-10-4-3-9(13(17)18)5-11(10)16(19)20/h3-6,8,15H,1-2H3,(H,17,18). The molecule has 21 heavy (non-hydrogen) atoms. The Balaban J connectivity index is 2.31. The van der Waals surface area contributed by atoms with Crippen molar-refractivity contribution >= 4 is 17.3 Å². The largest absolute Gasteiger partial charge is 0.478 e. The molecule has 0 spiro atoms. The molecule has 0 amide bonds. The summed E-state index contributed by atoms with van der Waals surface area (Å²) < 4.78 is 5.34. The van der Waals surface area contributed by atoms with Crippen LogP contribution in [-0.4, -0.2) is 21.0 Å². The lowest BCUT2D eigenvalue weighted by Gasteiger charge is -2.12. The Labute approximate surface area is 119 Å². The molecule has 0 aliphatic carbocycles. The van der Waals surface area contributed by atoms with Crippen molar-refractivity contribution in [1.82, 2.24) is 4.98 Å². The van der Waals surface area contributed by atoms with Crippen molar-refractivity contribution in [2.45, 2.75) is 19.9 Å². The SMILES string of the molecule is Cc1cnc(C(C)Nc2ccc(C(=O)O)cc2[N+](=O)[O-])o1. The number of aromatic carboxylic acids is 1. The van der Waals surface area contributed by atoms with Crippen molar-refractivity contribution < 1.29 is 19.2 Å². The molecule has 1 aromatic carbocycles. The maximum Gasteiger partial charge on any atom is 0.335 e. The molecule has 0 bridgehead atoms. The first-order chi connectivity index (χ1) is 9.88. The molecule has 1 atom stereocenters. The van der Waals surface area contributed by atoms with Crippen LogP contribution in [0, 0.1) is 17.0 Å². The van der Waals surface area contributed by atoms with E-state index in [1.54, 1.807) is 20.0 Å². The summed E-state index contributed by atoms with van der Waals surface area (Å²) in [6.07, 6.45) is 1.55.